The number of thiazole rings is 1. The van der Waals surface area contributed by atoms with Gasteiger partial charge in [-0.3, -0.25) is 4.79 Å². The summed E-state index contributed by atoms with van der Waals surface area (Å²) in [7, 11) is 0. The van der Waals surface area contributed by atoms with Gasteiger partial charge in [0, 0.05) is 12.5 Å². The number of carbonyl (C=O) groups excluding carboxylic acids is 1. The zero-order valence-corrected chi connectivity index (χ0v) is 14.9. The van der Waals surface area contributed by atoms with Crippen LogP contribution in [0.3, 0.4) is 0 Å². The quantitative estimate of drug-likeness (QED) is 0.801. The van der Waals surface area contributed by atoms with Crippen LogP contribution in [-0.2, 0) is 0 Å². The van der Waals surface area contributed by atoms with E-state index < -0.39 is 0 Å². The zero-order valence-electron chi connectivity index (χ0n) is 14.0. The molecule has 0 spiro atoms. The number of carbonyl (C=O) groups is 1. The molecule has 0 aromatic carbocycles. The molecule has 1 saturated heterocycles. The molecule has 0 bridgehead atoms. The summed E-state index contributed by atoms with van der Waals surface area (Å²) in [6, 6.07) is 3.93. The lowest BCUT2D eigenvalue weighted by Gasteiger charge is -2.28. The van der Waals surface area contributed by atoms with Gasteiger partial charge in [0.1, 0.15) is 10.6 Å². The maximum absolute atomic E-state index is 13.2. The third-order valence-electron chi connectivity index (χ3n) is 4.39. The predicted molar refractivity (Wildman–Crippen MR) is 91.9 cm³/mol. The molecule has 2 aromatic heterocycles. The number of aryl methyl sites for hydroxylation is 1. The number of amides is 1. The molecule has 23 heavy (non-hydrogen) atoms. The van der Waals surface area contributed by atoms with E-state index in [0.717, 1.165) is 47.1 Å². The van der Waals surface area contributed by atoms with E-state index in [1.54, 1.807) is 17.6 Å². The van der Waals surface area contributed by atoms with Crippen molar-refractivity contribution in [3.8, 4) is 0 Å². The molecular formula is C18H24N2O2S. The average molecular weight is 332 g/mol. The molecule has 1 amide bonds. The molecule has 3 rings (SSSR count). The van der Waals surface area contributed by atoms with Gasteiger partial charge in [0.05, 0.1) is 23.0 Å². The molecule has 0 radical (unpaired) electrons. The van der Waals surface area contributed by atoms with Crippen LogP contribution >= 0.6 is 11.3 Å². The van der Waals surface area contributed by atoms with Gasteiger partial charge in [-0.05, 0) is 31.9 Å². The van der Waals surface area contributed by atoms with Crippen molar-refractivity contribution in [2.24, 2.45) is 0 Å². The fourth-order valence-electron chi connectivity index (χ4n) is 3.12. The van der Waals surface area contributed by atoms with E-state index in [4.69, 9.17) is 4.42 Å². The lowest BCUT2D eigenvalue weighted by atomic mass is 10.1. The van der Waals surface area contributed by atoms with Gasteiger partial charge < -0.3 is 9.32 Å². The molecule has 0 aliphatic carbocycles. The number of hydrogen-bond acceptors (Lipinski definition) is 4. The van der Waals surface area contributed by atoms with Crippen molar-refractivity contribution in [2.45, 2.75) is 58.4 Å². The number of likely N-dealkylation sites (tertiary alicyclic amines) is 1. The van der Waals surface area contributed by atoms with Gasteiger partial charge >= 0.3 is 0 Å². The number of hydrogen-bond donors (Lipinski definition) is 0. The summed E-state index contributed by atoms with van der Waals surface area (Å²) in [5, 5.41) is 1.04. The van der Waals surface area contributed by atoms with Crippen LogP contribution in [0.1, 0.15) is 77.6 Å². The summed E-state index contributed by atoms with van der Waals surface area (Å²) >= 11 is 1.54. The highest BCUT2D eigenvalue weighted by molar-refractivity contribution is 7.13. The van der Waals surface area contributed by atoms with Crippen molar-refractivity contribution in [1.29, 1.82) is 0 Å². The maximum Gasteiger partial charge on any atom is 0.266 e. The topological polar surface area (TPSA) is 46.3 Å². The molecule has 0 unspecified atom stereocenters. The van der Waals surface area contributed by atoms with Gasteiger partial charge in [0.2, 0.25) is 0 Å². The Labute approximate surface area is 141 Å². The third-order valence-corrected chi connectivity index (χ3v) is 5.83. The van der Waals surface area contributed by atoms with Crippen LogP contribution < -0.4 is 0 Å². The first-order valence-corrected chi connectivity index (χ1v) is 9.21. The van der Waals surface area contributed by atoms with Crippen LogP contribution in [0, 0.1) is 6.92 Å². The SMILES string of the molecule is Cc1nc(C(C)C)sc1C(=O)N1CCCCC[C@H]1c1ccco1. The summed E-state index contributed by atoms with van der Waals surface area (Å²) in [5.41, 5.74) is 0.853. The van der Waals surface area contributed by atoms with Crippen LogP contribution in [0.5, 0.6) is 0 Å². The largest absolute Gasteiger partial charge is 0.467 e. The Kier molecular flexibility index (Phi) is 4.85. The van der Waals surface area contributed by atoms with Crippen molar-refractivity contribution in [2.75, 3.05) is 6.54 Å². The van der Waals surface area contributed by atoms with E-state index in [-0.39, 0.29) is 11.9 Å². The van der Waals surface area contributed by atoms with Crippen LogP contribution in [0.15, 0.2) is 22.8 Å². The first-order valence-electron chi connectivity index (χ1n) is 8.39. The highest BCUT2D eigenvalue weighted by atomic mass is 32.1. The van der Waals surface area contributed by atoms with Gasteiger partial charge in [-0.2, -0.15) is 0 Å². The maximum atomic E-state index is 13.2. The fourth-order valence-corrected chi connectivity index (χ4v) is 4.15. The van der Waals surface area contributed by atoms with E-state index in [2.05, 4.69) is 18.8 Å². The normalized spacial score (nSPS) is 19.1. The summed E-state index contributed by atoms with van der Waals surface area (Å²) in [5.74, 6) is 1.35. The van der Waals surface area contributed by atoms with E-state index in [1.165, 1.54) is 6.42 Å². The molecule has 1 atom stereocenters. The molecule has 1 aliphatic heterocycles. The zero-order chi connectivity index (χ0) is 16.4. The number of aromatic nitrogens is 1. The van der Waals surface area contributed by atoms with Crippen molar-refractivity contribution in [1.82, 2.24) is 9.88 Å². The molecule has 0 N–H and O–H groups in total. The van der Waals surface area contributed by atoms with Crippen LogP contribution in [-0.4, -0.2) is 22.3 Å². The second kappa shape index (κ2) is 6.87. The Bertz CT molecular complexity index is 661. The minimum absolute atomic E-state index is 0.0454. The lowest BCUT2D eigenvalue weighted by molar-refractivity contribution is 0.0662. The fraction of sp³-hybridized carbons (Fsp3) is 0.556. The van der Waals surface area contributed by atoms with E-state index >= 15 is 0 Å². The van der Waals surface area contributed by atoms with Gasteiger partial charge in [0.25, 0.3) is 5.91 Å². The molecule has 2 aromatic rings. The van der Waals surface area contributed by atoms with E-state index in [1.807, 2.05) is 24.0 Å². The Hall–Kier alpha value is -1.62. The molecular weight excluding hydrogens is 308 g/mol. The number of nitrogens with zero attached hydrogens (tertiary/aromatic N) is 2. The molecule has 5 heteroatoms. The molecule has 3 heterocycles. The van der Waals surface area contributed by atoms with Crippen LogP contribution in [0.25, 0.3) is 0 Å². The van der Waals surface area contributed by atoms with Crippen LogP contribution in [0.2, 0.25) is 0 Å². The van der Waals surface area contributed by atoms with Gasteiger partial charge in [-0.1, -0.05) is 26.7 Å². The van der Waals surface area contributed by atoms with Crippen molar-refractivity contribution in [3.63, 3.8) is 0 Å². The average Bonchev–Trinajstić information content (AvgIpc) is 3.11. The summed E-state index contributed by atoms with van der Waals surface area (Å²) in [4.78, 5) is 20.5. The van der Waals surface area contributed by atoms with Crippen molar-refractivity contribution >= 4 is 17.2 Å². The molecule has 0 saturated carbocycles. The summed E-state index contributed by atoms with van der Waals surface area (Å²) in [6.07, 6.45) is 6.01. The standard InChI is InChI=1S/C18H24N2O2S/c1-12(2)17-19-13(3)16(23-17)18(21)20-10-6-4-5-8-14(20)15-9-7-11-22-15/h7,9,11-12,14H,4-6,8,10H2,1-3H3/t14-/m0/s1. The third kappa shape index (κ3) is 3.34. The Morgan fingerprint density at radius 3 is 2.87 bits per heavy atom. The highest BCUT2D eigenvalue weighted by Gasteiger charge is 2.31. The van der Waals surface area contributed by atoms with Crippen molar-refractivity contribution < 1.29 is 9.21 Å². The minimum Gasteiger partial charge on any atom is -0.467 e. The second-order valence-electron chi connectivity index (χ2n) is 6.50. The van der Waals surface area contributed by atoms with Gasteiger partial charge in [0.15, 0.2) is 0 Å². The summed E-state index contributed by atoms with van der Waals surface area (Å²) in [6.45, 7) is 6.96. The predicted octanol–water partition coefficient (Wildman–Crippen LogP) is 4.93. The molecule has 1 fully saturated rings. The smallest absolute Gasteiger partial charge is 0.266 e. The van der Waals surface area contributed by atoms with Gasteiger partial charge in [-0.15, -0.1) is 11.3 Å². The van der Waals surface area contributed by atoms with Crippen LogP contribution in [0.4, 0.5) is 0 Å². The highest BCUT2D eigenvalue weighted by Crippen LogP contribution is 2.34. The number of furan rings is 1. The Balaban J connectivity index is 1.91. The van der Waals surface area contributed by atoms with E-state index in [9.17, 15) is 4.79 Å². The molecule has 124 valence electrons. The van der Waals surface area contributed by atoms with Gasteiger partial charge in [-0.25, -0.2) is 4.98 Å². The minimum atomic E-state index is 0.0454. The Morgan fingerprint density at radius 1 is 1.39 bits per heavy atom. The van der Waals surface area contributed by atoms with E-state index in [0.29, 0.717) is 5.92 Å². The summed E-state index contributed by atoms with van der Waals surface area (Å²) < 4.78 is 5.61. The second-order valence-corrected chi connectivity index (χ2v) is 7.53. The lowest BCUT2D eigenvalue weighted by Crippen LogP contribution is -2.34. The monoisotopic (exact) mass is 332 g/mol. The Morgan fingerprint density at radius 2 is 2.22 bits per heavy atom. The van der Waals surface area contributed by atoms with Crippen molar-refractivity contribution in [3.05, 3.63) is 39.7 Å². The molecule has 1 aliphatic rings. The first kappa shape index (κ1) is 16.2. The first-order chi connectivity index (χ1) is 11.1. The number of rotatable bonds is 3. The molecule has 4 nitrogen and oxygen atoms in total.